The van der Waals surface area contributed by atoms with Crippen molar-refractivity contribution in [1.82, 2.24) is 24.9 Å². The molecule has 0 aliphatic heterocycles. The molecule has 1 unspecified atom stereocenters. The molecule has 1 aliphatic rings. The van der Waals surface area contributed by atoms with Crippen molar-refractivity contribution in [2.45, 2.75) is 25.8 Å². The number of nitrogens with one attached hydrogen (secondary N) is 1. The molecule has 1 fully saturated rings. The van der Waals surface area contributed by atoms with E-state index in [1.807, 2.05) is 37.3 Å². The second-order valence-corrected chi connectivity index (χ2v) is 6.30. The number of aromatic nitrogens is 4. The van der Waals surface area contributed by atoms with Crippen molar-refractivity contribution in [3.63, 3.8) is 0 Å². The Bertz CT molecular complexity index is 915. The van der Waals surface area contributed by atoms with Crippen molar-refractivity contribution < 1.29 is 9.53 Å². The third kappa shape index (κ3) is 3.05. The van der Waals surface area contributed by atoms with Gasteiger partial charge in [0.05, 0.1) is 13.2 Å². The Kier molecular flexibility index (Phi) is 3.83. The normalized spacial score (nSPS) is 15.1. The first-order valence-electron chi connectivity index (χ1n) is 8.29. The number of methoxy groups -OCH3 is 1. The lowest BCUT2D eigenvalue weighted by Gasteiger charge is -2.18. The maximum Gasteiger partial charge on any atom is 0.291 e. The van der Waals surface area contributed by atoms with Gasteiger partial charge >= 0.3 is 0 Å². The smallest absolute Gasteiger partial charge is 0.291 e. The number of rotatable bonds is 5. The maximum absolute atomic E-state index is 12.7. The summed E-state index contributed by atoms with van der Waals surface area (Å²) in [5.41, 5.74) is 1.94. The van der Waals surface area contributed by atoms with Crippen LogP contribution in [0, 0.1) is 12.8 Å². The molecule has 1 amide bonds. The van der Waals surface area contributed by atoms with Crippen molar-refractivity contribution in [3.8, 4) is 5.75 Å². The fourth-order valence-corrected chi connectivity index (χ4v) is 2.92. The van der Waals surface area contributed by atoms with Crippen LogP contribution in [0.3, 0.4) is 0 Å². The van der Waals surface area contributed by atoms with Gasteiger partial charge in [-0.3, -0.25) is 4.79 Å². The van der Waals surface area contributed by atoms with Gasteiger partial charge in [-0.2, -0.15) is 4.98 Å². The molecule has 1 saturated carbocycles. The number of carbonyl (C=O) groups is 1. The van der Waals surface area contributed by atoms with Crippen molar-refractivity contribution in [2.75, 3.05) is 7.11 Å². The summed E-state index contributed by atoms with van der Waals surface area (Å²) in [4.78, 5) is 21.0. The van der Waals surface area contributed by atoms with Gasteiger partial charge in [0.15, 0.2) is 0 Å². The van der Waals surface area contributed by atoms with Crippen molar-refractivity contribution in [1.29, 1.82) is 0 Å². The zero-order chi connectivity index (χ0) is 17.4. The summed E-state index contributed by atoms with van der Waals surface area (Å²) in [6.07, 6.45) is 3.87. The van der Waals surface area contributed by atoms with Crippen LogP contribution in [0.2, 0.25) is 0 Å². The van der Waals surface area contributed by atoms with Crippen LogP contribution in [0.5, 0.6) is 5.75 Å². The number of carbonyl (C=O) groups excluding carboxylic acids is 1. The maximum atomic E-state index is 12.7. The van der Waals surface area contributed by atoms with Crippen LogP contribution in [0.15, 0.2) is 36.5 Å². The number of hydrogen-bond acceptors (Lipinski definition) is 5. The fourth-order valence-electron chi connectivity index (χ4n) is 2.92. The predicted molar refractivity (Wildman–Crippen MR) is 91.4 cm³/mol. The van der Waals surface area contributed by atoms with E-state index in [-0.39, 0.29) is 17.8 Å². The summed E-state index contributed by atoms with van der Waals surface area (Å²) in [7, 11) is 1.64. The van der Waals surface area contributed by atoms with E-state index in [4.69, 9.17) is 4.74 Å². The lowest BCUT2D eigenvalue weighted by molar-refractivity contribution is 0.0921. The molecule has 7 nitrogen and oxygen atoms in total. The Morgan fingerprint density at radius 3 is 2.68 bits per heavy atom. The zero-order valence-corrected chi connectivity index (χ0v) is 14.1. The van der Waals surface area contributed by atoms with Crippen LogP contribution in [0.25, 0.3) is 5.78 Å². The summed E-state index contributed by atoms with van der Waals surface area (Å²) in [5, 5.41) is 7.36. The molecule has 1 atom stereocenters. The minimum Gasteiger partial charge on any atom is -0.497 e. The molecule has 1 aromatic carbocycles. The summed E-state index contributed by atoms with van der Waals surface area (Å²) in [5.74, 6) is 1.54. The molecule has 7 heteroatoms. The largest absolute Gasteiger partial charge is 0.497 e. The minimum absolute atomic E-state index is 0.0425. The summed E-state index contributed by atoms with van der Waals surface area (Å²) in [6, 6.07) is 9.59. The summed E-state index contributed by atoms with van der Waals surface area (Å²) < 4.78 is 6.78. The molecule has 128 valence electrons. The van der Waals surface area contributed by atoms with Gasteiger partial charge < -0.3 is 10.1 Å². The van der Waals surface area contributed by atoms with Gasteiger partial charge in [-0.25, -0.2) is 9.50 Å². The molecule has 0 bridgehead atoms. The second-order valence-electron chi connectivity index (χ2n) is 6.30. The third-order valence-corrected chi connectivity index (χ3v) is 4.49. The van der Waals surface area contributed by atoms with E-state index in [0.717, 1.165) is 29.8 Å². The number of aryl methyl sites for hydroxylation is 1. The van der Waals surface area contributed by atoms with E-state index in [1.54, 1.807) is 17.8 Å². The van der Waals surface area contributed by atoms with E-state index >= 15 is 0 Å². The monoisotopic (exact) mass is 337 g/mol. The Balaban J connectivity index is 1.58. The number of ether oxygens (including phenoxy) is 1. The van der Waals surface area contributed by atoms with E-state index in [0.29, 0.717) is 11.7 Å². The lowest BCUT2D eigenvalue weighted by Crippen LogP contribution is -2.30. The van der Waals surface area contributed by atoms with Gasteiger partial charge in [-0.1, -0.05) is 12.1 Å². The summed E-state index contributed by atoms with van der Waals surface area (Å²) >= 11 is 0. The van der Waals surface area contributed by atoms with Crippen molar-refractivity contribution >= 4 is 11.7 Å². The topological polar surface area (TPSA) is 81.4 Å². The molecule has 0 saturated heterocycles. The van der Waals surface area contributed by atoms with Gasteiger partial charge in [0.1, 0.15) is 5.75 Å². The molecule has 2 heterocycles. The molecule has 1 N–H and O–H groups in total. The first kappa shape index (κ1) is 15.6. The van der Waals surface area contributed by atoms with Gasteiger partial charge in [-0.05, 0) is 49.4 Å². The van der Waals surface area contributed by atoms with Gasteiger partial charge in [-0.15, -0.1) is 5.10 Å². The third-order valence-electron chi connectivity index (χ3n) is 4.49. The van der Waals surface area contributed by atoms with E-state index in [1.165, 1.54) is 0 Å². The highest BCUT2D eigenvalue weighted by atomic mass is 16.5. The Labute approximate surface area is 145 Å². The first-order chi connectivity index (χ1) is 12.2. The van der Waals surface area contributed by atoms with Crippen molar-refractivity contribution in [3.05, 3.63) is 53.6 Å². The standard InChI is InChI=1S/C18H19N5O2/c1-11-9-10-19-18-21-16(22-23(11)18)17(24)20-15(12-3-4-12)13-5-7-14(25-2)8-6-13/h5-10,12,15H,3-4H2,1-2H3,(H,20,24). The van der Waals surface area contributed by atoms with Crippen molar-refractivity contribution in [2.24, 2.45) is 5.92 Å². The molecule has 2 aromatic heterocycles. The number of fused-ring (bicyclic) bond motifs is 1. The molecule has 0 radical (unpaired) electrons. The molecular formula is C18H19N5O2. The fraction of sp³-hybridized carbons (Fsp3) is 0.333. The highest BCUT2D eigenvalue weighted by molar-refractivity contribution is 5.91. The number of nitrogens with zero attached hydrogens (tertiary/aromatic N) is 4. The molecule has 1 aliphatic carbocycles. The van der Waals surface area contributed by atoms with Crippen LogP contribution in [0.4, 0.5) is 0 Å². The highest BCUT2D eigenvalue weighted by Gasteiger charge is 2.34. The average Bonchev–Trinajstić information content (AvgIpc) is 3.37. The average molecular weight is 337 g/mol. The first-order valence-corrected chi connectivity index (χ1v) is 8.29. The highest BCUT2D eigenvalue weighted by Crippen LogP contribution is 2.41. The van der Waals surface area contributed by atoms with Gasteiger partial charge in [0.25, 0.3) is 11.7 Å². The van der Waals surface area contributed by atoms with Crippen LogP contribution < -0.4 is 10.1 Å². The minimum atomic E-state index is -0.280. The molecule has 4 rings (SSSR count). The van der Waals surface area contributed by atoms with Gasteiger partial charge in [0, 0.05) is 11.9 Å². The number of amides is 1. The van der Waals surface area contributed by atoms with E-state index in [2.05, 4.69) is 20.4 Å². The zero-order valence-electron chi connectivity index (χ0n) is 14.1. The molecule has 0 spiro atoms. The Morgan fingerprint density at radius 1 is 1.28 bits per heavy atom. The molecule has 3 aromatic rings. The van der Waals surface area contributed by atoms with Crippen LogP contribution in [0.1, 0.15) is 40.8 Å². The van der Waals surface area contributed by atoms with E-state index < -0.39 is 0 Å². The van der Waals surface area contributed by atoms with Crippen LogP contribution >= 0.6 is 0 Å². The molecule has 25 heavy (non-hydrogen) atoms. The second kappa shape index (κ2) is 6.16. The molecular weight excluding hydrogens is 318 g/mol. The predicted octanol–water partition coefficient (Wildman–Crippen LogP) is 2.32. The number of benzene rings is 1. The van der Waals surface area contributed by atoms with E-state index in [9.17, 15) is 4.79 Å². The Morgan fingerprint density at radius 2 is 2.04 bits per heavy atom. The lowest BCUT2D eigenvalue weighted by atomic mass is 10.0. The van der Waals surface area contributed by atoms with Gasteiger partial charge in [0.2, 0.25) is 5.82 Å². The van der Waals surface area contributed by atoms with Crippen LogP contribution in [-0.2, 0) is 0 Å². The SMILES string of the molecule is COc1ccc(C(NC(=O)c2nc3nccc(C)n3n2)C2CC2)cc1. The Hall–Kier alpha value is -2.96. The number of hydrogen-bond donors (Lipinski definition) is 1. The summed E-state index contributed by atoms with van der Waals surface area (Å²) in [6.45, 7) is 1.90. The van der Waals surface area contributed by atoms with Crippen LogP contribution in [-0.4, -0.2) is 32.6 Å². The quantitative estimate of drug-likeness (QED) is 0.773.